The van der Waals surface area contributed by atoms with Gasteiger partial charge in [-0.2, -0.15) is 0 Å². The molecule has 1 aromatic rings. The van der Waals surface area contributed by atoms with E-state index >= 15 is 0 Å². The molecule has 0 saturated carbocycles. The van der Waals surface area contributed by atoms with Crippen molar-refractivity contribution >= 4 is 8.32 Å². The van der Waals surface area contributed by atoms with Crippen molar-refractivity contribution in [3.63, 3.8) is 0 Å². The van der Waals surface area contributed by atoms with E-state index in [2.05, 4.69) is 39.0 Å². The third kappa shape index (κ3) is 2.40. The Morgan fingerprint density at radius 3 is 2.65 bits per heavy atom. The van der Waals surface area contributed by atoms with Crippen LogP contribution in [0.1, 0.15) is 26.5 Å². The topological polar surface area (TPSA) is 47.0 Å². The van der Waals surface area contributed by atoms with Crippen LogP contribution in [0.15, 0.2) is 10.9 Å². The molecule has 2 heterocycles. The Morgan fingerprint density at radius 1 is 1.47 bits per heavy atom. The quantitative estimate of drug-likeness (QED) is 0.822. The molecule has 0 spiro atoms. The summed E-state index contributed by atoms with van der Waals surface area (Å²) in [6, 6.07) is 1.68. The molecule has 0 aromatic carbocycles. The van der Waals surface area contributed by atoms with Crippen LogP contribution in [0.3, 0.4) is 0 Å². The van der Waals surface area contributed by atoms with Gasteiger partial charge in [0, 0.05) is 18.2 Å². The number of hydrogen-bond donors (Lipinski definition) is 1. The second-order valence-electron chi connectivity index (χ2n) is 6.43. The zero-order valence-electron chi connectivity index (χ0n) is 11.3. The van der Waals surface area contributed by atoms with Crippen molar-refractivity contribution in [2.24, 2.45) is 0 Å². The minimum absolute atomic E-state index is 0.00854. The summed E-state index contributed by atoms with van der Waals surface area (Å²) in [5, 5.41) is 3.04. The van der Waals surface area contributed by atoms with Gasteiger partial charge in [-0.25, -0.2) is 0 Å². The van der Waals surface area contributed by atoms with Crippen LogP contribution in [0.4, 0.5) is 0 Å². The van der Waals surface area contributed by atoms with Gasteiger partial charge in [-0.1, -0.05) is 20.8 Å². The van der Waals surface area contributed by atoms with E-state index in [-0.39, 0.29) is 16.7 Å². The Kier molecular flexibility index (Phi) is 2.86. The molecule has 2 rings (SSSR count). The standard InChI is InChI=1S/C12H22N2O2Si/c1-12(2,3)17(4,5)16-10-6-9-7-11(15)13-14(9)8-10/h7,10H,6,8H2,1-5H3,(H,13,15). The van der Waals surface area contributed by atoms with Crippen molar-refractivity contribution in [1.82, 2.24) is 9.78 Å². The van der Waals surface area contributed by atoms with Crippen LogP contribution in [0, 0.1) is 0 Å². The lowest BCUT2D eigenvalue weighted by molar-refractivity contribution is 0.178. The van der Waals surface area contributed by atoms with Crippen molar-refractivity contribution in [3.8, 4) is 0 Å². The summed E-state index contributed by atoms with van der Waals surface area (Å²) in [7, 11) is -1.70. The fourth-order valence-electron chi connectivity index (χ4n) is 1.97. The molecular weight excluding hydrogens is 232 g/mol. The number of hydrogen-bond acceptors (Lipinski definition) is 2. The van der Waals surface area contributed by atoms with Gasteiger partial charge in [0.2, 0.25) is 0 Å². The Labute approximate surface area is 103 Å². The Balaban J connectivity index is 2.05. The van der Waals surface area contributed by atoms with Crippen molar-refractivity contribution in [3.05, 3.63) is 22.1 Å². The molecule has 1 aromatic heterocycles. The summed E-state index contributed by atoms with van der Waals surface area (Å²) < 4.78 is 8.26. The summed E-state index contributed by atoms with van der Waals surface area (Å²) in [6.07, 6.45) is 1.08. The molecule has 0 aliphatic carbocycles. The molecule has 0 fully saturated rings. The highest BCUT2D eigenvalue weighted by Crippen LogP contribution is 2.38. The largest absolute Gasteiger partial charge is 0.412 e. The lowest BCUT2D eigenvalue weighted by Gasteiger charge is -2.38. The second-order valence-corrected chi connectivity index (χ2v) is 11.2. The molecule has 0 amide bonds. The van der Waals surface area contributed by atoms with Crippen molar-refractivity contribution in [2.45, 2.75) is 58.0 Å². The van der Waals surface area contributed by atoms with E-state index in [0.29, 0.717) is 0 Å². The van der Waals surface area contributed by atoms with Gasteiger partial charge in [0.15, 0.2) is 8.32 Å². The van der Waals surface area contributed by atoms with Crippen LogP contribution in [0.2, 0.25) is 18.1 Å². The first-order valence-electron chi connectivity index (χ1n) is 6.15. The summed E-state index contributed by atoms with van der Waals surface area (Å²) in [4.78, 5) is 11.1. The van der Waals surface area contributed by atoms with Gasteiger partial charge in [0.25, 0.3) is 5.56 Å². The van der Waals surface area contributed by atoms with Gasteiger partial charge in [-0.15, -0.1) is 0 Å². The molecule has 1 aliphatic rings. The monoisotopic (exact) mass is 254 g/mol. The van der Waals surface area contributed by atoms with Crippen molar-refractivity contribution in [1.29, 1.82) is 0 Å². The molecule has 5 heteroatoms. The van der Waals surface area contributed by atoms with Gasteiger partial charge in [-0.3, -0.25) is 14.6 Å². The molecule has 1 atom stereocenters. The first kappa shape index (κ1) is 12.6. The lowest BCUT2D eigenvalue weighted by Crippen LogP contribution is -2.44. The van der Waals surface area contributed by atoms with E-state index in [9.17, 15) is 4.79 Å². The normalized spacial score (nSPS) is 20.6. The van der Waals surface area contributed by atoms with Crippen molar-refractivity contribution in [2.75, 3.05) is 0 Å². The van der Waals surface area contributed by atoms with Gasteiger partial charge in [0.05, 0.1) is 12.6 Å². The first-order valence-corrected chi connectivity index (χ1v) is 9.06. The molecule has 0 radical (unpaired) electrons. The molecule has 4 nitrogen and oxygen atoms in total. The molecule has 96 valence electrons. The number of nitrogens with zero attached hydrogens (tertiary/aromatic N) is 1. The minimum atomic E-state index is -1.70. The zero-order valence-corrected chi connectivity index (χ0v) is 12.3. The van der Waals surface area contributed by atoms with Gasteiger partial charge in [0.1, 0.15) is 0 Å². The first-order chi connectivity index (χ1) is 7.69. The SMILES string of the molecule is CC(C)(C)[Si](C)(C)OC1Cc2cc(=O)[nH]n2C1. The van der Waals surface area contributed by atoms with Crippen LogP contribution < -0.4 is 5.56 Å². The number of H-pyrrole nitrogens is 1. The Bertz CT molecular complexity index is 441. The fourth-order valence-corrected chi connectivity index (χ4v) is 3.32. The number of fused-ring (bicyclic) bond motifs is 1. The third-order valence-corrected chi connectivity index (χ3v) is 8.52. The van der Waals surface area contributed by atoms with Crippen LogP contribution in [-0.2, 0) is 17.4 Å². The van der Waals surface area contributed by atoms with E-state index in [4.69, 9.17) is 4.43 Å². The average Bonchev–Trinajstić information content (AvgIpc) is 2.57. The predicted molar refractivity (Wildman–Crippen MR) is 70.8 cm³/mol. The van der Waals surface area contributed by atoms with E-state index in [0.717, 1.165) is 18.7 Å². The highest BCUT2D eigenvalue weighted by atomic mass is 28.4. The van der Waals surface area contributed by atoms with Gasteiger partial charge in [-0.05, 0) is 18.1 Å². The molecule has 0 saturated heterocycles. The maximum atomic E-state index is 11.1. The van der Waals surface area contributed by atoms with E-state index in [1.165, 1.54) is 0 Å². The van der Waals surface area contributed by atoms with Crippen LogP contribution in [-0.4, -0.2) is 24.2 Å². The Hall–Kier alpha value is -0.813. The molecule has 1 unspecified atom stereocenters. The van der Waals surface area contributed by atoms with Crippen molar-refractivity contribution < 1.29 is 4.43 Å². The van der Waals surface area contributed by atoms with E-state index in [1.807, 2.05) is 4.68 Å². The van der Waals surface area contributed by atoms with E-state index < -0.39 is 8.32 Å². The number of rotatable bonds is 2. The zero-order chi connectivity index (χ0) is 12.8. The fraction of sp³-hybridized carbons (Fsp3) is 0.750. The highest BCUT2D eigenvalue weighted by Gasteiger charge is 2.40. The average molecular weight is 254 g/mol. The highest BCUT2D eigenvalue weighted by molar-refractivity contribution is 6.74. The maximum absolute atomic E-state index is 11.1. The molecular formula is C12H22N2O2Si. The molecule has 17 heavy (non-hydrogen) atoms. The van der Waals surface area contributed by atoms with Gasteiger partial charge >= 0.3 is 0 Å². The van der Waals surface area contributed by atoms with E-state index in [1.54, 1.807) is 6.07 Å². The van der Waals surface area contributed by atoms with Crippen LogP contribution >= 0.6 is 0 Å². The number of nitrogens with one attached hydrogen (secondary N) is 1. The third-order valence-electron chi connectivity index (χ3n) is 3.98. The number of aromatic nitrogens is 2. The number of aromatic amines is 1. The maximum Gasteiger partial charge on any atom is 0.264 e. The molecule has 0 bridgehead atoms. The van der Waals surface area contributed by atoms with Gasteiger partial charge < -0.3 is 4.43 Å². The lowest BCUT2D eigenvalue weighted by atomic mass is 10.2. The summed E-state index contributed by atoms with van der Waals surface area (Å²) >= 11 is 0. The predicted octanol–water partition coefficient (Wildman–Crippen LogP) is 2.12. The Morgan fingerprint density at radius 2 is 2.12 bits per heavy atom. The molecule has 1 N–H and O–H groups in total. The summed E-state index contributed by atoms with van der Waals surface area (Å²) in [6.45, 7) is 12.1. The van der Waals surface area contributed by atoms with Crippen LogP contribution in [0.25, 0.3) is 0 Å². The van der Waals surface area contributed by atoms with Crippen LogP contribution in [0.5, 0.6) is 0 Å². The minimum Gasteiger partial charge on any atom is -0.412 e. The molecule has 1 aliphatic heterocycles. The smallest absolute Gasteiger partial charge is 0.264 e. The summed E-state index contributed by atoms with van der Waals surface area (Å²) in [5.41, 5.74) is 1.06. The summed E-state index contributed by atoms with van der Waals surface area (Å²) in [5.74, 6) is 0. The second kappa shape index (κ2) is 3.85.